The Labute approximate surface area is 112 Å². The summed E-state index contributed by atoms with van der Waals surface area (Å²) >= 11 is 3.34. The van der Waals surface area contributed by atoms with Crippen molar-refractivity contribution < 1.29 is 4.74 Å². The first-order valence-electron chi connectivity index (χ1n) is 5.81. The molecule has 0 aliphatic heterocycles. The van der Waals surface area contributed by atoms with Gasteiger partial charge in [-0.2, -0.15) is 0 Å². The number of hydrogen-bond donors (Lipinski definition) is 1. The fourth-order valence-electron chi connectivity index (χ4n) is 1.56. The molecule has 0 fully saturated rings. The van der Waals surface area contributed by atoms with Gasteiger partial charge in [-0.3, -0.25) is 0 Å². The van der Waals surface area contributed by atoms with Crippen LogP contribution in [0.4, 0.5) is 0 Å². The van der Waals surface area contributed by atoms with Crippen LogP contribution in [0, 0.1) is 0 Å². The molecule has 1 N–H and O–H groups in total. The molecule has 0 amide bonds. The van der Waals surface area contributed by atoms with Gasteiger partial charge in [-0.25, -0.2) is 0 Å². The second-order valence-corrected chi connectivity index (χ2v) is 5.31. The van der Waals surface area contributed by atoms with E-state index in [0.29, 0.717) is 6.04 Å². The van der Waals surface area contributed by atoms with Crippen molar-refractivity contribution in [2.24, 2.45) is 0 Å². The summed E-state index contributed by atoms with van der Waals surface area (Å²) in [6, 6.07) is 8.75. The average molecular weight is 298 g/mol. The summed E-state index contributed by atoms with van der Waals surface area (Å²) < 4.78 is 6.13. The van der Waals surface area contributed by atoms with Crippen LogP contribution in [0.5, 0.6) is 5.75 Å². The molecular weight excluding hydrogens is 278 g/mol. The largest absolute Gasteiger partial charge is 0.497 e. The topological polar surface area (TPSA) is 21.3 Å². The average Bonchev–Trinajstić information content (AvgIpc) is 2.34. The molecule has 1 rings (SSSR count). The predicted molar refractivity (Wildman–Crippen MR) is 76.8 cm³/mol. The fourth-order valence-corrected chi connectivity index (χ4v) is 1.72. The van der Waals surface area contributed by atoms with Crippen molar-refractivity contribution >= 4 is 15.9 Å². The van der Waals surface area contributed by atoms with Crippen LogP contribution in [0.1, 0.15) is 18.9 Å². The van der Waals surface area contributed by atoms with Gasteiger partial charge in [0.15, 0.2) is 0 Å². The highest BCUT2D eigenvalue weighted by atomic mass is 79.9. The summed E-state index contributed by atoms with van der Waals surface area (Å²) in [4.78, 5) is 0. The van der Waals surface area contributed by atoms with Gasteiger partial charge in [0, 0.05) is 17.1 Å². The van der Waals surface area contributed by atoms with Gasteiger partial charge < -0.3 is 10.1 Å². The molecule has 1 unspecified atom stereocenters. The first kappa shape index (κ1) is 14.3. The summed E-state index contributed by atoms with van der Waals surface area (Å²) in [5.41, 5.74) is 1.34. The minimum atomic E-state index is 0.492. The van der Waals surface area contributed by atoms with E-state index in [-0.39, 0.29) is 0 Å². The summed E-state index contributed by atoms with van der Waals surface area (Å²) in [7, 11) is 1.69. The lowest BCUT2D eigenvalue weighted by Crippen LogP contribution is -2.27. The van der Waals surface area contributed by atoms with E-state index in [9.17, 15) is 0 Å². The lowest BCUT2D eigenvalue weighted by Gasteiger charge is -2.13. The zero-order chi connectivity index (χ0) is 12.7. The number of halogens is 1. The van der Waals surface area contributed by atoms with Gasteiger partial charge in [0.1, 0.15) is 5.75 Å². The van der Waals surface area contributed by atoms with Gasteiger partial charge >= 0.3 is 0 Å². The summed E-state index contributed by atoms with van der Waals surface area (Å²) in [5, 5.41) is 3.40. The molecular formula is C14H20BrNO. The maximum atomic E-state index is 5.13. The van der Waals surface area contributed by atoms with Crippen LogP contribution in [-0.4, -0.2) is 19.7 Å². The third kappa shape index (κ3) is 5.89. The normalized spacial score (nSPS) is 12.2. The molecule has 0 bridgehead atoms. The highest BCUT2D eigenvalue weighted by molar-refractivity contribution is 9.11. The monoisotopic (exact) mass is 297 g/mol. The van der Waals surface area contributed by atoms with E-state index < -0.39 is 0 Å². The van der Waals surface area contributed by atoms with Crippen molar-refractivity contribution in [2.75, 3.05) is 13.7 Å². The molecule has 0 saturated heterocycles. The zero-order valence-corrected chi connectivity index (χ0v) is 12.1. The van der Waals surface area contributed by atoms with E-state index in [1.807, 2.05) is 12.1 Å². The van der Waals surface area contributed by atoms with Gasteiger partial charge in [0.05, 0.1) is 7.11 Å². The maximum absolute atomic E-state index is 5.13. The van der Waals surface area contributed by atoms with Crippen LogP contribution in [0.3, 0.4) is 0 Å². The Bertz CT molecular complexity index is 348. The van der Waals surface area contributed by atoms with Crippen LogP contribution in [-0.2, 0) is 6.42 Å². The third-order valence-electron chi connectivity index (χ3n) is 2.67. The Hall–Kier alpha value is -0.800. The van der Waals surface area contributed by atoms with Crippen LogP contribution in [0.15, 0.2) is 35.3 Å². The molecule has 1 aromatic rings. The minimum absolute atomic E-state index is 0.492. The number of hydrogen-bond acceptors (Lipinski definition) is 2. The van der Waals surface area contributed by atoms with Gasteiger partial charge in [-0.15, -0.1) is 0 Å². The Morgan fingerprint density at radius 1 is 1.41 bits per heavy atom. The Morgan fingerprint density at radius 2 is 2.06 bits per heavy atom. The van der Waals surface area contributed by atoms with E-state index >= 15 is 0 Å². The van der Waals surface area contributed by atoms with Crippen molar-refractivity contribution in [3.63, 3.8) is 0 Å². The molecule has 2 nitrogen and oxygen atoms in total. The van der Waals surface area contributed by atoms with Crippen LogP contribution < -0.4 is 10.1 Å². The minimum Gasteiger partial charge on any atom is -0.497 e. The zero-order valence-electron chi connectivity index (χ0n) is 10.5. The molecule has 0 aliphatic rings. The Balaban J connectivity index is 2.31. The number of rotatable bonds is 7. The molecule has 0 saturated carbocycles. The second-order valence-electron chi connectivity index (χ2n) is 4.19. The van der Waals surface area contributed by atoms with Gasteiger partial charge in [-0.05, 0) is 37.5 Å². The Kier molecular flexibility index (Phi) is 6.30. The van der Waals surface area contributed by atoms with E-state index in [1.165, 1.54) is 5.56 Å². The lowest BCUT2D eigenvalue weighted by molar-refractivity contribution is 0.414. The first-order chi connectivity index (χ1) is 8.11. The highest BCUT2D eigenvalue weighted by Gasteiger charge is 2.02. The molecule has 3 heteroatoms. The molecule has 0 radical (unpaired) electrons. The summed E-state index contributed by atoms with van der Waals surface area (Å²) in [6.45, 7) is 6.82. The van der Waals surface area contributed by atoms with Crippen LogP contribution >= 0.6 is 15.9 Å². The van der Waals surface area contributed by atoms with Crippen molar-refractivity contribution in [1.29, 1.82) is 0 Å². The van der Waals surface area contributed by atoms with Gasteiger partial charge in [0.2, 0.25) is 0 Å². The molecule has 0 aromatic heterocycles. The fraction of sp³-hybridized carbons (Fsp3) is 0.429. The third-order valence-corrected chi connectivity index (χ3v) is 2.95. The van der Waals surface area contributed by atoms with E-state index in [2.05, 4.69) is 46.9 Å². The molecule has 94 valence electrons. The molecule has 17 heavy (non-hydrogen) atoms. The van der Waals surface area contributed by atoms with Crippen molar-refractivity contribution in [3.8, 4) is 5.75 Å². The van der Waals surface area contributed by atoms with Gasteiger partial charge in [-0.1, -0.05) is 34.6 Å². The number of aryl methyl sites for hydroxylation is 1. The molecule has 0 aliphatic carbocycles. The van der Waals surface area contributed by atoms with Crippen LogP contribution in [0.25, 0.3) is 0 Å². The lowest BCUT2D eigenvalue weighted by atomic mass is 10.1. The summed E-state index contributed by atoms with van der Waals surface area (Å²) in [5.74, 6) is 0.913. The molecule has 1 atom stereocenters. The molecule has 0 heterocycles. The van der Waals surface area contributed by atoms with E-state index in [4.69, 9.17) is 4.74 Å². The number of benzene rings is 1. The van der Waals surface area contributed by atoms with Crippen molar-refractivity contribution in [1.82, 2.24) is 5.32 Å². The summed E-state index contributed by atoms with van der Waals surface area (Å²) in [6.07, 6.45) is 2.19. The maximum Gasteiger partial charge on any atom is 0.118 e. The van der Waals surface area contributed by atoms with E-state index in [1.54, 1.807) is 7.11 Å². The second kappa shape index (κ2) is 7.51. The highest BCUT2D eigenvalue weighted by Crippen LogP contribution is 2.13. The van der Waals surface area contributed by atoms with Crippen molar-refractivity contribution in [2.45, 2.75) is 25.8 Å². The van der Waals surface area contributed by atoms with Crippen LogP contribution in [0.2, 0.25) is 0 Å². The predicted octanol–water partition coefficient (Wildman–Crippen LogP) is 3.51. The number of ether oxygens (including phenoxy) is 1. The number of methoxy groups -OCH3 is 1. The smallest absolute Gasteiger partial charge is 0.118 e. The SMILES string of the molecule is C=C(Br)CNC(C)CCc1ccc(OC)cc1. The van der Waals surface area contributed by atoms with E-state index in [0.717, 1.165) is 29.6 Å². The standard InChI is InChI=1S/C14H20BrNO/c1-11(15)10-16-12(2)4-5-13-6-8-14(17-3)9-7-13/h6-9,12,16H,1,4-5,10H2,2-3H3. The number of nitrogens with one attached hydrogen (secondary N) is 1. The van der Waals surface area contributed by atoms with Gasteiger partial charge in [0.25, 0.3) is 0 Å². The molecule has 1 aromatic carbocycles. The Morgan fingerprint density at radius 3 is 2.59 bits per heavy atom. The molecule has 0 spiro atoms. The quantitative estimate of drug-likeness (QED) is 0.831. The first-order valence-corrected chi connectivity index (χ1v) is 6.60. The van der Waals surface area contributed by atoms with Crippen molar-refractivity contribution in [3.05, 3.63) is 40.9 Å².